The van der Waals surface area contributed by atoms with E-state index in [1.165, 1.54) is 0 Å². The van der Waals surface area contributed by atoms with Crippen LogP contribution in [0.1, 0.15) is 13.3 Å². The molecular formula is C8H14N2O2. The van der Waals surface area contributed by atoms with Crippen molar-refractivity contribution in [1.82, 2.24) is 10.2 Å². The summed E-state index contributed by atoms with van der Waals surface area (Å²) in [5, 5.41) is 3.12. The molecule has 0 aromatic rings. The lowest BCUT2D eigenvalue weighted by Crippen LogP contribution is -2.43. The highest BCUT2D eigenvalue weighted by Gasteiger charge is 2.34. The minimum absolute atomic E-state index is 0.184. The highest BCUT2D eigenvalue weighted by atomic mass is 16.5. The molecule has 1 N–H and O–H groups in total. The van der Waals surface area contributed by atoms with Gasteiger partial charge in [0.25, 0.3) is 0 Å². The van der Waals surface area contributed by atoms with E-state index in [9.17, 15) is 4.79 Å². The number of nitrogens with zero attached hydrogens (tertiary/aromatic N) is 1. The molecule has 0 aliphatic carbocycles. The predicted octanol–water partition coefficient (Wildman–Crippen LogP) is -0.447. The summed E-state index contributed by atoms with van der Waals surface area (Å²) >= 11 is 0. The zero-order chi connectivity index (χ0) is 8.55. The Balaban J connectivity index is 2.04. The van der Waals surface area contributed by atoms with E-state index in [1.807, 2.05) is 11.8 Å². The maximum absolute atomic E-state index is 11.4. The van der Waals surface area contributed by atoms with Crippen LogP contribution in [0.15, 0.2) is 0 Å². The molecule has 0 aromatic carbocycles. The van der Waals surface area contributed by atoms with Crippen molar-refractivity contribution in [3.8, 4) is 0 Å². The zero-order valence-electron chi connectivity index (χ0n) is 7.25. The number of amides is 1. The van der Waals surface area contributed by atoms with Gasteiger partial charge in [0.05, 0.1) is 25.4 Å². The van der Waals surface area contributed by atoms with Gasteiger partial charge in [0.1, 0.15) is 0 Å². The molecular weight excluding hydrogens is 156 g/mol. The lowest BCUT2D eigenvalue weighted by Gasteiger charge is -2.26. The molecule has 1 amide bonds. The van der Waals surface area contributed by atoms with Crippen LogP contribution in [0.3, 0.4) is 0 Å². The van der Waals surface area contributed by atoms with Crippen molar-refractivity contribution < 1.29 is 9.53 Å². The molecule has 0 saturated carbocycles. The fourth-order valence-electron chi connectivity index (χ4n) is 1.90. The number of ether oxygens (including phenoxy) is 1. The predicted molar refractivity (Wildman–Crippen MR) is 43.5 cm³/mol. The Morgan fingerprint density at radius 2 is 2.50 bits per heavy atom. The average molecular weight is 170 g/mol. The van der Waals surface area contributed by atoms with Gasteiger partial charge in [-0.3, -0.25) is 10.1 Å². The van der Waals surface area contributed by atoms with E-state index in [0.29, 0.717) is 19.2 Å². The van der Waals surface area contributed by atoms with Crippen LogP contribution in [0.4, 0.5) is 0 Å². The van der Waals surface area contributed by atoms with Gasteiger partial charge in [-0.15, -0.1) is 0 Å². The molecule has 4 nitrogen and oxygen atoms in total. The number of hydrogen-bond acceptors (Lipinski definition) is 3. The summed E-state index contributed by atoms with van der Waals surface area (Å²) in [7, 11) is 0. The normalized spacial score (nSPS) is 36.4. The molecule has 4 heteroatoms. The van der Waals surface area contributed by atoms with Crippen LogP contribution in [-0.4, -0.2) is 42.8 Å². The van der Waals surface area contributed by atoms with Gasteiger partial charge in [-0.2, -0.15) is 0 Å². The summed E-state index contributed by atoms with van der Waals surface area (Å²) in [6.45, 7) is 4.00. The zero-order valence-corrected chi connectivity index (χ0v) is 7.25. The maximum Gasteiger partial charge on any atom is 0.238 e. The Kier molecular flexibility index (Phi) is 2.02. The largest absolute Gasteiger partial charge is 0.379 e. The molecule has 0 aromatic heterocycles. The van der Waals surface area contributed by atoms with Gasteiger partial charge in [-0.1, -0.05) is 0 Å². The first-order valence-electron chi connectivity index (χ1n) is 4.41. The monoisotopic (exact) mass is 170 g/mol. The fourth-order valence-corrected chi connectivity index (χ4v) is 1.90. The number of carbonyl (C=O) groups is 1. The van der Waals surface area contributed by atoms with Crippen molar-refractivity contribution >= 4 is 5.91 Å². The van der Waals surface area contributed by atoms with Crippen LogP contribution >= 0.6 is 0 Å². The van der Waals surface area contributed by atoms with Crippen molar-refractivity contribution in [3.05, 3.63) is 0 Å². The van der Waals surface area contributed by atoms with E-state index >= 15 is 0 Å². The minimum Gasteiger partial charge on any atom is -0.379 e. The Morgan fingerprint density at radius 1 is 1.67 bits per heavy atom. The summed E-state index contributed by atoms with van der Waals surface area (Å²) < 4.78 is 5.24. The summed E-state index contributed by atoms with van der Waals surface area (Å²) in [5.41, 5.74) is 0. The smallest absolute Gasteiger partial charge is 0.238 e. The van der Waals surface area contributed by atoms with E-state index in [-0.39, 0.29) is 12.1 Å². The van der Waals surface area contributed by atoms with Gasteiger partial charge in [-0.25, -0.2) is 0 Å². The van der Waals surface area contributed by atoms with Crippen molar-refractivity contribution in [2.24, 2.45) is 0 Å². The van der Waals surface area contributed by atoms with Crippen molar-refractivity contribution in [3.63, 3.8) is 0 Å². The van der Waals surface area contributed by atoms with Crippen molar-refractivity contribution in [2.75, 3.05) is 19.8 Å². The second kappa shape index (κ2) is 3.03. The summed E-state index contributed by atoms with van der Waals surface area (Å²) in [5.74, 6) is 0.206. The highest BCUT2D eigenvalue weighted by molar-refractivity contribution is 5.80. The van der Waals surface area contributed by atoms with E-state index in [0.717, 1.165) is 13.0 Å². The number of carbonyl (C=O) groups excluding carboxylic acids is 1. The van der Waals surface area contributed by atoms with Gasteiger partial charge < -0.3 is 9.64 Å². The molecule has 0 radical (unpaired) electrons. The van der Waals surface area contributed by atoms with E-state index in [4.69, 9.17) is 4.74 Å². The first kappa shape index (κ1) is 8.01. The van der Waals surface area contributed by atoms with Crippen LogP contribution < -0.4 is 5.32 Å². The van der Waals surface area contributed by atoms with Crippen LogP contribution in [0.25, 0.3) is 0 Å². The first-order valence-corrected chi connectivity index (χ1v) is 4.41. The van der Waals surface area contributed by atoms with Crippen LogP contribution in [0.5, 0.6) is 0 Å². The fraction of sp³-hybridized carbons (Fsp3) is 0.875. The number of nitrogens with one attached hydrogen (secondary N) is 1. The van der Waals surface area contributed by atoms with Gasteiger partial charge >= 0.3 is 0 Å². The summed E-state index contributed by atoms with van der Waals surface area (Å²) in [6, 6.07) is 0.308. The first-order chi connectivity index (χ1) is 5.79. The number of rotatable bonds is 1. The molecule has 0 bridgehead atoms. The van der Waals surface area contributed by atoms with Gasteiger partial charge in [0.2, 0.25) is 5.91 Å². The SMILES string of the molecule is CC1NCC(=O)N1C1CCOC1. The highest BCUT2D eigenvalue weighted by Crippen LogP contribution is 2.17. The van der Waals surface area contributed by atoms with E-state index < -0.39 is 0 Å². The molecule has 2 rings (SSSR count). The van der Waals surface area contributed by atoms with E-state index in [1.54, 1.807) is 0 Å². The molecule has 2 aliphatic rings. The average Bonchev–Trinajstić information content (AvgIpc) is 2.61. The third-order valence-electron chi connectivity index (χ3n) is 2.55. The number of hydrogen-bond donors (Lipinski definition) is 1. The van der Waals surface area contributed by atoms with Gasteiger partial charge in [0.15, 0.2) is 0 Å². The second-order valence-corrected chi connectivity index (χ2v) is 3.38. The lowest BCUT2D eigenvalue weighted by atomic mass is 10.2. The standard InChI is InChI=1S/C8H14N2O2/c1-6-9-4-8(11)10(6)7-2-3-12-5-7/h6-7,9H,2-5H2,1H3. The van der Waals surface area contributed by atoms with Crippen molar-refractivity contribution in [1.29, 1.82) is 0 Å². The Hall–Kier alpha value is -0.610. The quantitative estimate of drug-likeness (QED) is 0.579. The van der Waals surface area contributed by atoms with Crippen LogP contribution in [0.2, 0.25) is 0 Å². The van der Waals surface area contributed by atoms with Crippen molar-refractivity contribution in [2.45, 2.75) is 25.6 Å². The molecule has 0 spiro atoms. The molecule has 2 fully saturated rings. The third-order valence-corrected chi connectivity index (χ3v) is 2.55. The second-order valence-electron chi connectivity index (χ2n) is 3.38. The van der Waals surface area contributed by atoms with Gasteiger partial charge in [0, 0.05) is 6.61 Å². The Labute approximate surface area is 71.9 Å². The van der Waals surface area contributed by atoms with E-state index in [2.05, 4.69) is 5.32 Å². The topological polar surface area (TPSA) is 41.6 Å². The molecule has 68 valence electrons. The molecule has 2 aliphatic heterocycles. The Morgan fingerprint density at radius 3 is 3.00 bits per heavy atom. The minimum atomic E-state index is 0.184. The van der Waals surface area contributed by atoms with Crippen LogP contribution in [0, 0.1) is 0 Å². The summed E-state index contributed by atoms with van der Waals surface area (Å²) in [4.78, 5) is 13.3. The van der Waals surface area contributed by atoms with Crippen LogP contribution in [-0.2, 0) is 9.53 Å². The molecule has 2 heterocycles. The Bertz CT molecular complexity index is 189. The summed E-state index contributed by atoms with van der Waals surface area (Å²) in [6.07, 6.45) is 1.17. The maximum atomic E-state index is 11.4. The molecule has 2 unspecified atom stereocenters. The molecule has 2 atom stereocenters. The lowest BCUT2D eigenvalue weighted by molar-refractivity contribution is -0.130. The molecule has 2 saturated heterocycles. The molecule has 12 heavy (non-hydrogen) atoms. The third kappa shape index (κ3) is 1.21. The van der Waals surface area contributed by atoms with Gasteiger partial charge in [-0.05, 0) is 13.3 Å².